The molecule has 36 heavy (non-hydrogen) atoms. The summed E-state index contributed by atoms with van der Waals surface area (Å²) in [5, 5.41) is 0.536. The van der Waals surface area contributed by atoms with Gasteiger partial charge in [-0.05, 0) is 17.7 Å². The predicted molar refractivity (Wildman–Crippen MR) is 138 cm³/mol. The number of amides is 1. The van der Waals surface area contributed by atoms with Gasteiger partial charge in [0.05, 0.1) is 10.6 Å². The lowest BCUT2D eigenvalue weighted by Crippen LogP contribution is -2.49. The second-order valence-corrected chi connectivity index (χ2v) is 11.1. The molecule has 1 fully saturated rings. The van der Waals surface area contributed by atoms with Crippen LogP contribution in [0.15, 0.2) is 90.0 Å². The maximum Gasteiger partial charge on any atom is 0.242 e. The number of rotatable bonds is 7. The molecule has 186 valence electrons. The highest BCUT2D eigenvalue weighted by atomic mass is 32.2. The summed E-state index contributed by atoms with van der Waals surface area (Å²) >= 11 is 0. The Kier molecular flexibility index (Phi) is 6.89. The van der Waals surface area contributed by atoms with Crippen molar-refractivity contribution in [2.75, 3.05) is 26.2 Å². The summed E-state index contributed by atoms with van der Waals surface area (Å²) in [5.74, 6) is -1.04. The van der Waals surface area contributed by atoms with Crippen LogP contribution in [-0.2, 0) is 33.5 Å². The van der Waals surface area contributed by atoms with E-state index in [2.05, 4.69) is 17.0 Å². The lowest BCUT2D eigenvalue weighted by atomic mass is 10.2. The maximum absolute atomic E-state index is 14.2. The van der Waals surface area contributed by atoms with Gasteiger partial charge in [-0.15, -0.1) is 0 Å². The highest BCUT2D eigenvalue weighted by Gasteiger charge is 2.25. The molecule has 0 N–H and O–H groups in total. The molecular formula is C28H28FN3O3S. The molecule has 0 saturated carbocycles. The SMILES string of the molecule is O=C(Cn1cc(S(=O)(=O)Cc2ccccc2F)c2ccccc21)N1CCN(Cc2ccccc2)CC1. The van der Waals surface area contributed by atoms with Crippen molar-refractivity contribution in [3.8, 4) is 0 Å². The van der Waals surface area contributed by atoms with Gasteiger partial charge in [-0.1, -0.05) is 66.7 Å². The Bertz CT molecular complexity index is 1480. The summed E-state index contributed by atoms with van der Waals surface area (Å²) in [4.78, 5) is 17.4. The predicted octanol–water partition coefficient (Wildman–Crippen LogP) is 4.10. The fraction of sp³-hybridized carbons (Fsp3) is 0.250. The van der Waals surface area contributed by atoms with Crippen LogP contribution in [0.4, 0.5) is 4.39 Å². The first kappa shape index (κ1) is 24.2. The summed E-state index contributed by atoms with van der Waals surface area (Å²) in [6.07, 6.45) is 1.52. The molecule has 0 unspecified atom stereocenters. The van der Waals surface area contributed by atoms with E-state index >= 15 is 0 Å². The number of hydrogen-bond donors (Lipinski definition) is 0. The van der Waals surface area contributed by atoms with Crippen LogP contribution in [0.3, 0.4) is 0 Å². The number of carbonyl (C=O) groups is 1. The standard InChI is InChI=1S/C28H28FN3O3S/c29-25-12-6-4-10-23(25)21-36(34,35)27-19-32(26-13-7-5-11-24(26)27)20-28(33)31-16-14-30(15-17-31)18-22-8-2-1-3-9-22/h1-13,19H,14-18,20-21H2. The molecule has 8 heteroatoms. The average Bonchev–Trinajstić information content (AvgIpc) is 3.26. The van der Waals surface area contributed by atoms with Gasteiger partial charge in [-0.2, -0.15) is 0 Å². The largest absolute Gasteiger partial charge is 0.339 e. The third-order valence-electron chi connectivity index (χ3n) is 6.67. The minimum absolute atomic E-state index is 0.0480. The molecule has 4 aromatic rings. The number of sulfone groups is 1. The van der Waals surface area contributed by atoms with Gasteiger partial charge in [-0.25, -0.2) is 12.8 Å². The molecule has 0 spiro atoms. The molecular weight excluding hydrogens is 477 g/mol. The zero-order valence-electron chi connectivity index (χ0n) is 19.9. The highest BCUT2D eigenvalue weighted by Crippen LogP contribution is 2.28. The molecule has 0 aliphatic carbocycles. The number of carbonyl (C=O) groups excluding carboxylic acids is 1. The van der Waals surface area contributed by atoms with Crippen LogP contribution in [0.1, 0.15) is 11.1 Å². The molecule has 6 nitrogen and oxygen atoms in total. The molecule has 3 aromatic carbocycles. The van der Waals surface area contributed by atoms with Gasteiger partial charge in [0.25, 0.3) is 0 Å². The van der Waals surface area contributed by atoms with Crippen molar-refractivity contribution in [2.24, 2.45) is 0 Å². The zero-order chi connectivity index (χ0) is 25.1. The Morgan fingerprint density at radius 3 is 2.25 bits per heavy atom. The number of fused-ring (bicyclic) bond motifs is 1. The van der Waals surface area contributed by atoms with Crippen molar-refractivity contribution < 1.29 is 17.6 Å². The lowest BCUT2D eigenvalue weighted by molar-refractivity contribution is -0.133. The first-order valence-electron chi connectivity index (χ1n) is 12.0. The Morgan fingerprint density at radius 2 is 1.50 bits per heavy atom. The molecule has 2 heterocycles. The summed E-state index contributed by atoms with van der Waals surface area (Å²) in [5.41, 5.74) is 2.04. The number of nitrogens with zero attached hydrogens (tertiary/aromatic N) is 3. The monoisotopic (exact) mass is 505 g/mol. The average molecular weight is 506 g/mol. The normalized spacial score (nSPS) is 14.9. The van der Waals surface area contributed by atoms with Gasteiger partial charge in [0.1, 0.15) is 12.4 Å². The van der Waals surface area contributed by atoms with E-state index in [1.165, 1.54) is 30.0 Å². The van der Waals surface area contributed by atoms with Gasteiger partial charge in [0.2, 0.25) is 5.91 Å². The summed E-state index contributed by atoms with van der Waals surface area (Å²) in [6, 6.07) is 23.3. The number of piperazine rings is 1. The van der Waals surface area contributed by atoms with Gasteiger partial charge in [0, 0.05) is 55.4 Å². The van der Waals surface area contributed by atoms with E-state index in [9.17, 15) is 17.6 Å². The van der Waals surface area contributed by atoms with Gasteiger partial charge < -0.3 is 9.47 Å². The van der Waals surface area contributed by atoms with Crippen LogP contribution < -0.4 is 0 Å². The van der Waals surface area contributed by atoms with E-state index in [-0.39, 0.29) is 22.9 Å². The second-order valence-electron chi connectivity index (χ2n) is 9.13. The van der Waals surface area contributed by atoms with E-state index in [1.54, 1.807) is 22.8 Å². The molecule has 0 atom stereocenters. The number of aromatic nitrogens is 1. The second kappa shape index (κ2) is 10.2. The van der Waals surface area contributed by atoms with Gasteiger partial charge in [0.15, 0.2) is 9.84 Å². The van der Waals surface area contributed by atoms with E-state index in [0.29, 0.717) is 24.0 Å². The number of para-hydroxylation sites is 1. The zero-order valence-corrected chi connectivity index (χ0v) is 20.7. The first-order chi connectivity index (χ1) is 17.4. The molecule has 0 radical (unpaired) electrons. The smallest absolute Gasteiger partial charge is 0.242 e. The molecule has 1 amide bonds. The highest BCUT2D eigenvalue weighted by molar-refractivity contribution is 7.90. The van der Waals surface area contributed by atoms with Crippen LogP contribution in [0, 0.1) is 5.82 Å². The van der Waals surface area contributed by atoms with E-state index < -0.39 is 21.4 Å². The van der Waals surface area contributed by atoms with Crippen molar-refractivity contribution in [3.05, 3.63) is 102 Å². The third kappa shape index (κ3) is 5.20. The van der Waals surface area contributed by atoms with Crippen molar-refractivity contribution in [3.63, 3.8) is 0 Å². The summed E-state index contributed by atoms with van der Waals surface area (Å²) < 4.78 is 42.4. The summed E-state index contributed by atoms with van der Waals surface area (Å²) in [7, 11) is -3.83. The molecule has 0 bridgehead atoms. The van der Waals surface area contributed by atoms with Crippen molar-refractivity contribution in [2.45, 2.75) is 23.7 Å². The fourth-order valence-corrected chi connectivity index (χ4v) is 6.33. The Labute approximate surface area is 210 Å². The molecule has 1 aliphatic rings. The van der Waals surface area contributed by atoms with E-state index in [0.717, 1.165) is 19.6 Å². The minimum Gasteiger partial charge on any atom is -0.339 e. The van der Waals surface area contributed by atoms with Gasteiger partial charge >= 0.3 is 0 Å². The van der Waals surface area contributed by atoms with Crippen molar-refractivity contribution in [1.82, 2.24) is 14.4 Å². The molecule has 1 aromatic heterocycles. The minimum atomic E-state index is -3.83. The number of benzene rings is 3. The number of hydrogen-bond acceptors (Lipinski definition) is 4. The molecule has 1 aliphatic heterocycles. The van der Waals surface area contributed by atoms with Crippen molar-refractivity contribution >= 4 is 26.6 Å². The topological polar surface area (TPSA) is 62.6 Å². The molecule has 1 saturated heterocycles. The fourth-order valence-electron chi connectivity index (χ4n) is 4.73. The van der Waals surface area contributed by atoms with E-state index in [1.807, 2.05) is 35.2 Å². The quantitative estimate of drug-likeness (QED) is 0.380. The Morgan fingerprint density at radius 1 is 0.833 bits per heavy atom. The maximum atomic E-state index is 14.2. The Hall–Kier alpha value is -3.49. The van der Waals surface area contributed by atoms with Crippen molar-refractivity contribution in [1.29, 1.82) is 0 Å². The Balaban J connectivity index is 1.31. The first-order valence-corrected chi connectivity index (χ1v) is 13.6. The van der Waals surface area contributed by atoms with Crippen LogP contribution >= 0.6 is 0 Å². The lowest BCUT2D eigenvalue weighted by Gasteiger charge is -2.35. The van der Waals surface area contributed by atoms with Crippen LogP contribution in [0.5, 0.6) is 0 Å². The van der Waals surface area contributed by atoms with Gasteiger partial charge in [-0.3, -0.25) is 9.69 Å². The number of halogens is 1. The van der Waals surface area contributed by atoms with Crippen LogP contribution in [0.2, 0.25) is 0 Å². The van der Waals surface area contributed by atoms with E-state index in [4.69, 9.17) is 0 Å². The molecule has 5 rings (SSSR count). The third-order valence-corrected chi connectivity index (χ3v) is 8.36. The summed E-state index contributed by atoms with van der Waals surface area (Å²) in [6.45, 7) is 3.74. The van der Waals surface area contributed by atoms with Crippen LogP contribution in [0.25, 0.3) is 10.9 Å². The van der Waals surface area contributed by atoms with Crippen LogP contribution in [-0.4, -0.2) is 54.9 Å².